The van der Waals surface area contributed by atoms with E-state index in [0.717, 1.165) is 11.6 Å². The summed E-state index contributed by atoms with van der Waals surface area (Å²) in [4.78, 5) is 10.3. The van der Waals surface area contributed by atoms with Crippen LogP contribution in [-0.4, -0.2) is 54.8 Å². The summed E-state index contributed by atoms with van der Waals surface area (Å²) in [6.07, 6.45) is 0.538. The standard InChI is InChI=1S/C19H22N4O6S/c1-2-17(14-3-6-16(24)7-4-14)20-21-18-8-5-15(23(25)26)13-19(18)30(27,28)22-9-11-29-12-10-22/h3-8,13,21,24H,2,9-12H2,1H3/b20-17+. The van der Waals surface area contributed by atoms with E-state index in [1.165, 1.54) is 28.6 Å². The number of aromatic hydroxyl groups is 1. The summed E-state index contributed by atoms with van der Waals surface area (Å²) < 4.78 is 32.7. The zero-order valence-corrected chi connectivity index (χ0v) is 17.1. The smallest absolute Gasteiger partial charge is 0.270 e. The van der Waals surface area contributed by atoms with Crippen LogP contribution in [0.4, 0.5) is 11.4 Å². The zero-order chi connectivity index (χ0) is 21.7. The number of ether oxygens (including phenoxy) is 1. The first-order valence-corrected chi connectivity index (χ1v) is 10.7. The zero-order valence-electron chi connectivity index (χ0n) is 16.3. The van der Waals surface area contributed by atoms with Gasteiger partial charge in [-0.25, -0.2) is 8.42 Å². The number of phenols is 1. The molecule has 0 bridgehead atoms. The van der Waals surface area contributed by atoms with Gasteiger partial charge in [0.2, 0.25) is 10.0 Å². The van der Waals surface area contributed by atoms with Crippen LogP contribution in [0.5, 0.6) is 5.75 Å². The molecule has 2 aromatic rings. The summed E-state index contributed by atoms with van der Waals surface area (Å²) in [5.41, 5.74) is 3.94. The van der Waals surface area contributed by atoms with Crippen LogP contribution in [-0.2, 0) is 14.8 Å². The van der Waals surface area contributed by atoms with Gasteiger partial charge < -0.3 is 9.84 Å². The molecule has 0 saturated carbocycles. The molecule has 0 spiro atoms. The molecule has 0 aliphatic carbocycles. The Kier molecular flexibility index (Phi) is 6.65. The fraction of sp³-hybridized carbons (Fsp3) is 0.316. The number of nitrogens with zero attached hydrogens (tertiary/aromatic N) is 3. The predicted octanol–water partition coefficient (Wildman–Crippen LogP) is 2.55. The number of hydrogen-bond acceptors (Lipinski definition) is 8. The summed E-state index contributed by atoms with van der Waals surface area (Å²) in [6, 6.07) is 10.0. The van der Waals surface area contributed by atoms with Crippen molar-refractivity contribution in [2.24, 2.45) is 5.10 Å². The van der Waals surface area contributed by atoms with Crippen LogP contribution in [0.15, 0.2) is 52.5 Å². The normalized spacial score (nSPS) is 15.7. The van der Waals surface area contributed by atoms with Gasteiger partial charge in [-0.15, -0.1) is 0 Å². The molecule has 10 nitrogen and oxygen atoms in total. The second kappa shape index (κ2) is 9.20. The highest BCUT2D eigenvalue weighted by Gasteiger charge is 2.30. The van der Waals surface area contributed by atoms with Gasteiger partial charge in [-0.2, -0.15) is 9.41 Å². The maximum absolute atomic E-state index is 13.1. The van der Waals surface area contributed by atoms with Gasteiger partial charge in [0.1, 0.15) is 10.6 Å². The molecular formula is C19H22N4O6S. The second-order valence-corrected chi connectivity index (χ2v) is 8.43. The van der Waals surface area contributed by atoms with Crippen molar-refractivity contribution in [3.05, 3.63) is 58.1 Å². The number of phenolic OH excluding ortho intramolecular Hbond substituents is 1. The third kappa shape index (κ3) is 4.75. The minimum Gasteiger partial charge on any atom is -0.508 e. The van der Waals surface area contributed by atoms with Gasteiger partial charge in [0.05, 0.1) is 29.5 Å². The minimum atomic E-state index is -3.99. The molecular weight excluding hydrogens is 412 g/mol. The molecule has 0 atom stereocenters. The average molecular weight is 434 g/mol. The highest BCUT2D eigenvalue weighted by molar-refractivity contribution is 7.89. The van der Waals surface area contributed by atoms with E-state index >= 15 is 0 Å². The number of nitrogens with one attached hydrogen (secondary N) is 1. The van der Waals surface area contributed by atoms with Crippen LogP contribution in [0, 0.1) is 10.1 Å². The Hall–Kier alpha value is -3.02. The molecule has 0 amide bonds. The van der Waals surface area contributed by atoms with E-state index in [9.17, 15) is 23.6 Å². The average Bonchev–Trinajstić information content (AvgIpc) is 2.75. The molecule has 1 heterocycles. The lowest BCUT2D eigenvalue weighted by atomic mass is 10.1. The van der Waals surface area contributed by atoms with Gasteiger partial charge in [-0.3, -0.25) is 15.5 Å². The monoisotopic (exact) mass is 434 g/mol. The SMILES string of the molecule is CC/C(=N\Nc1ccc([N+](=O)[O-])cc1S(=O)(=O)N1CCOCC1)c1ccc(O)cc1. The van der Waals surface area contributed by atoms with Crippen LogP contribution < -0.4 is 5.43 Å². The Bertz CT molecular complexity index is 1050. The molecule has 3 rings (SSSR count). The quantitative estimate of drug-likeness (QED) is 0.388. The Morgan fingerprint density at radius 3 is 2.50 bits per heavy atom. The fourth-order valence-corrected chi connectivity index (χ4v) is 4.55. The fourth-order valence-electron chi connectivity index (χ4n) is 2.99. The predicted molar refractivity (Wildman–Crippen MR) is 111 cm³/mol. The van der Waals surface area contributed by atoms with E-state index in [0.29, 0.717) is 12.1 Å². The minimum absolute atomic E-state index is 0.122. The van der Waals surface area contributed by atoms with Gasteiger partial charge in [-0.1, -0.05) is 6.92 Å². The second-order valence-electron chi connectivity index (χ2n) is 6.52. The lowest BCUT2D eigenvalue weighted by molar-refractivity contribution is -0.385. The summed E-state index contributed by atoms with van der Waals surface area (Å²) >= 11 is 0. The number of anilines is 1. The van der Waals surface area contributed by atoms with Gasteiger partial charge in [0.25, 0.3) is 5.69 Å². The van der Waals surface area contributed by atoms with Crippen LogP contribution >= 0.6 is 0 Å². The number of hydrazone groups is 1. The van der Waals surface area contributed by atoms with E-state index in [1.807, 2.05) is 6.92 Å². The molecule has 1 saturated heterocycles. The number of benzene rings is 2. The topological polar surface area (TPSA) is 134 Å². The molecule has 1 aliphatic heterocycles. The molecule has 2 N–H and O–H groups in total. The van der Waals surface area contributed by atoms with Gasteiger partial charge in [0.15, 0.2) is 0 Å². The maximum atomic E-state index is 13.1. The van der Waals surface area contributed by atoms with Crippen molar-refractivity contribution >= 4 is 27.1 Å². The molecule has 2 aromatic carbocycles. The summed E-state index contributed by atoms with van der Waals surface area (Å²) in [5.74, 6) is 0.122. The highest BCUT2D eigenvalue weighted by Crippen LogP contribution is 2.29. The van der Waals surface area contributed by atoms with Gasteiger partial charge >= 0.3 is 0 Å². The van der Waals surface area contributed by atoms with Gasteiger partial charge in [0, 0.05) is 25.2 Å². The lowest BCUT2D eigenvalue weighted by Crippen LogP contribution is -2.40. The molecule has 0 aromatic heterocycles. The van der Waals surface area contributed by atoms with Crippen molar-refractivity contribution in [3.63, 3.8) is 0 Å². The van der Waals surface area contributed by atoms with E-state index in [4.69, 9.17) is 4.74 Å². The molecule has 11 heteroatoms. The van der Waals surface area contributed by atoms with Crippen molar-refractivity contribution in [1.82, 2.24) is 4.31 Å². The summed E-state index contributed by atoms with van der Waals surface area (Å²) in [5, 5.41) is 25.0. The third-order valence-electron chi connectivity index (χ3n) is 4.61. The number of nitro groups is 1. The Morgan fingerprint density at radius 1 is 1.23 bits per heavy atom. The number of rotatable bonds is 7. The third-order valence-corrected chi connectivity index (χ3v) is 6.55. The van der Waals surface area contributed by atoms with Crippen LogP contribution in [0.25, 0.3) is 0 Å². The van der Waals surface area contributed by atoms with Crippen molar-refractivity contribution in [2.75, 3.05) is 31.7 Å². The Balaban J connectivity index is 1.99. The van der Waals surface area contributed by atoms with Crippen molar-refractivity contribution in [1.29, 1.82) is 0 Å². The number of nitro benzene ring substituents is 1. The maximum Gasteiger partial charge on any atom is 0.270 e. The first-order valence-electron chi connectivity index (χ1n) is 9.31. The largest absolute Gasteiger partial charge is 0.508 e. The highest BCUT2D eigenvalue weighted by atomic mass is 32.2. The number of non-ortho nitro benzene ring substituents is 1. The molecule has 0 unspecified atom stereocenters. The van der Waals surface area contributed by atoms with Crippen molar-refractivity contribution in [2.45, 2.75) is 18.2 Å². The van der Waals surface area contributed by atoms with Crippen LogP contribution in [0.1, 0.15) is 18.9 Å². The van der Waals surface area contributed by atoms with Crippen molar-refractivity contribution in [3.8, 4) is 5.75 Å². The molecule has 0 radical (unpaired) electrons. The Labute approximate surface area is 174 Å². The number of sulfonamides is 1. The number of hydrogen-bond donors (Lipinski definition) is 2. The van der Waals surface area contributed by atoms with Crippen LogP contribution in [0.3, 0.4) is 0 Å². The first-order chi connectivity index (χ1) is 14.3. The lowest BCUT2D eigenvalue weighted by Gasteiger charge is -2.26. The van der Waals surface area contributed by atoms with E-state index in [-0.39, 0.29) is 48.3 Å². The van der Waals surface area contributed by atoms with E-state index in [2.05, 4.69) is 10.5 Å². The molecule has 1 fully saturated rings. The van der Waals surface area contributed by atoms with Crippen molar-refractivity contribution < 1.29 is 23.2 Å². The van der Waals surface area contributed by atoms with E-state index in [1.54, 1.807) is 12.1 Å². The Morgan fingerprint density at radius 2 is 1.90 bits per heavy atom. The van der Waals surface area contributed by atoms with E-state index < -0.39 is 14.9 Å². The summed E-state index contributed by atoms with van der Waals surface area (Å²) in [6.45, 7) is 2.74. The molecule has 30 heavy (non-hydrogen) atoms. The molecule has 160 valence electrons. The summed E-state index contributed by atoms with van der Waals surface area (Å²) in [7, 11) is -3.99. The van der Waals surface area contributed by atoms with Crippen LogP contribution in [0.2, 0.25) is 0 Å². The van der Waals surface area contributed by atoms with Gasteiger partial charge in [-0.05, 0) is 42.3 Å². The number of morpholine rings is 1. The molecule has 1 aliphatic rings. The first kappa shape index (κ1) is 21.7.